The molecule has 0 radical (unpaired) electrons. The molecule has 0 aliphatic heterocycles. The van der Waals surface area contributed by atoms with Crippen LogP contribution in [0.4, 0.5) is 0 Å². The molecular weight excluding hydrogens is 272 g/mol. The number of sulfonamides is 1. The van der Waals surface area contributed by atoms with Crippen LogP contribution < -0.4 is 5.32 Å². The highest BCUT2D eigenvalue weighted by atomic mass is 32.2. The van der Waals surface area contributed by atoms with Crippen LogP contribution in [-0.4, -0.2) is 31.9 Å². The van der Waals surface area contributed by atoms with Crippen molar-refractivity contribution in [3.63, 3.8) is 0 Å². The van der Waals surface area contributed by atoms with Gasteiger partial charge in [0.15, 0.2) is 0 Å². The Bertz CT molecular complexity index is 495. The number of hydrogen-bond donors (Lipinski definition) is 1. The van der Waals surface area contributed by atoms with Gasteiger partial charge in [-0.2, -0.15) is 4.31 Å². The first-order valence-electron chi connectivity index (χ1n) is 7.18. The second-order valence-electron chi connectivity index (χ2n) is 5.15. The maximum absolute atomic E-state index is 12.3. The van der Waals surface area contributed by atoms with Crippen LogP contribution in [0.3, 0.4) is 0 Å². The Labute approximate surface area is 123 Å². The molecule has 0 fully saturated rings. The molecule has 0 saturated heterocycles. The van der Waals surface area contributed by atoms with Crippen molar-refractivity contribution in [1.29, 1.82) is 0 Å². The summed E-state index contributed by atoms with van der Waals surface area (Å²) in [6.07, 6.45) is 0. The van der Waals surface area contributed by atoms with Gasteiger partial charge in [0.25, 0.3) is 0 Å². The zero-order valence-electron chi connectivity index (χ0n) is 12.9. The fraction of sp³-hybridized carbons (Fsp3) is 0.600. The fourth-order valence-electron chi connectivity index (χ4n) is 2.20. The van der Waals surface area contributed by atoms with E-state index in [1.54, 1.807) is 4.31 Å². The summed E-state index contributed by atoms with van der Waals surface area (Å²) < 4.78 is 26.2. The first kappa shape index (κ1) is 17.1. The molecule has 0 saturated carbocycles. The predicted octanol–water partition coefficient (Wildman–Crippen LogP) is 2.36. The van der Waals surface area contributed by atoms with Gasteiger partial charge in [-0.25, -0.2) is 8.42 Å². The summed E-state index contributed by atoms with van der Waals surface area (Å²) in [6.45, 7) is 10.00. The Morgan fingerprint density at radius 2 is 1.65 bits per heavy atom. The molecule has 0 spiro atoms. The highest BCUT2D eigenvalue weighted by Crippen LogP contribution is 2.14. The molecule has 0 aliphatic rings. The summed E-state index contributed by atoms with van der Waals surface area (Å²) in [5.41, 5.74) is 2.01. The molecule has 0 amide bonds. The third-order valence-corrected chi connectivity index (χ3v) is 5.29. The molecule has 20 heavy (non-hydrogen) atoms. The van der Waals surface area contributed by atoms with Gasteiger partial charge in [0, 0.05) is 19.1 Å². The number of nitrogens with zero attached hydrogens (tertiary/aromatic N) is 1. The number of nitrogens with one attached hydrogen (secondary N) is 1. The van der Waals surface area contributed by atoms with Crippen LogP contribution in [0.15, 0.2) is 24.3 Å². The molecule has 0 bridgehead atoms. The van der Waals surface area contributed by atoms with E-state index in [9.17, 15) is 8.42 Å². The van der Waals surface area contributed by atoms with E-state index in [1.807, 2.05) is 45.0 Å². The normalized spacial score (nSPS) is 12.3. The van der Waals surface area contributed by atoms with Crippen LogP contribution in [0, 0.1) is 0 Å². The van der Waals surface area contributed by atoms with Crippen molar-refractivity contribution in [3.05, 3.63) is 35.4 Å². The first-order valence-corrected chi connectivity index (χ1v) is 8.79. The van der Waals surface area contributed by atoms with Crippen LogP contribution in [0.2, 0.25) is 0 Å². The third-order valence-electron chi connectivity index (χ3n) is 3.20. The van der Waals surface area contributed by atoms with Crippen molar-refractivity contribution in [2.24, 2.45) is 0 Å². The van der Waals surface area contributed by atoms with Gasteiger partial charge in [0.2, 0.25) is 10.0 Å². The summed E-state index contributed by atoms with van der Waals surface area (Å²) in [7, 11) is -3.24. The maximum atomic E-state index is 12.3. The van der Waals surface area contributed by atoms with E-state index in [2.05, 4.69) is 12.2 Å². The Morgan fingerprint density at radius 3 is 2.10 bits per heavy atom. The van der Waals surface area contributed by atoms with Crippen LogP contribution in [0.5, 0.6) is 0 Å². The summed E-state index contributed by atoms with van der Waals surface area (Å²) in [5.74, 6) is 0.0699. The molecule has 1 N–H and O–H groups in total. The number of benzene rings is 1. The van der Waals surface area contributed by atoms with Crippen molar-refractivity contribution in [3.8, 4) is 0 Å². The molecule has 114 valence electrons. The van der Waals surface area contributed by atoms with Crippen molar-refractivity contribution in [2.75, 3.05) is 13.1 Å². The zero-order chi connectivity index (χ0) is 15.2. The molecular formula is C15H26N2O2S. The summed E-state index contributed by atoms with van der Waals surface area (Å²) in [6, 6.07) is 7.77. The lowest BCUT2D eigenvalue weighted by atomic mass is 10.1. The molecule has 0 aliphatic carbocycles. The van der Waals surface area contributed by atoms with E-state index in [0.717, 1.165) is 18.7 Å². The lowest BCUT2D eigenvalue weighted by molar-refractivity contribution is 0.368. The monoisotopic (exact) mass is 298 g/mol. The average molecular weight is 298 g/mol. The van der Waals surface area contributed by atoms with Crippen LogP contribution in [0.1, 0.15) is 38.8 Å². The first-order chi connectivity index (χ1) is 9.40. The Morgan fingerprint density at radius 1 is 1.10 bits per heavy atom. The molecule has 0 atom stereocenters. The number of hydrogen-bond acceptors (Lipinski definition) is 3. The Kier molecular flexibility index (Phi) is 6.65. The van der Waals surface area contributed by atoms with Crippen molar-refractivity contribution in [2.45, 2.75) is 46.0 Å². The van der Waals surface area contributed by atoms with Gasteiger partial charge in [-0.1, -0.05) is 38.1 Å². The second kappa shape index (κ2) is 7.76. The SMILES string of the molecule is CCNCc1ccc(CS(=O)(=O)N(CC)C(C)C)cc1. The van der Waals surface area contributed by atoms with Gasteiger partial charge >= 0.3 is 0 Å². The molecule has 1 aromatic rings. The molecule has 4 nitrogen and oxygen atoms in total. The largest absolute Gasteiger partial charge is 0.313 e. The maximum Gasteiger partial charge on any atom is 0.218 e. The predicted molar refractivity (Wildman–Crippen MR) is 84.0 cm³/mol. The number of rotatable bonds is 8. The van der Waals surface area contributed by atoms with Gasteiger partial charge < -0.3 is 5.32 Å². The lowest BCUT2D eigenvalue weighted by Gasteiger charge is -2.24. The zero-order valence-corrected chi connectivity index (χ0v) is 13.7. The van der Waals surface area contributed by atoms with E-state index in [4.69, 9.17) is 0 Å². The van der Waals surface area contributed by atoms with Crippen LogP contribution in [0.25, 0.3) is 0 Å². The van der Waals surface area contributed by atoms with E-state index in [1.165, 1.54) is 5.56 Å². The van der Waals surface area contributed by atoms with Gasteiger partial charge in [0.05, 0.1) is 5.75 Å². The van der Waals surface area contributed by atoms with E-state index >= 15 is 0 Å². The van der Waals surface area contributed by atoms with Crippen molar-refractivity contribution in [1.82, 2.24) is 9.62 Å². The minimum atomic E-state index is -3.24. The highest BCUT2D eigenvalue weighted by Gasteiger charge is 2.23. The minimum Gasteiger partial charge on any atom is -0.313 e. The van der Waals surface area contributed by atoms with Crippen LogP contribution in [-0.2, 0) is 22.3 Å². The second-order valence-corrected chi connectivity index (χ2v) is 7.07. The van der Waals surface area contributed by atoms with Gasteiger partial charge in [-0.3, -0.25) is 0 Å². The van der Waals surface area contributed by atoms with Crippen molar-refractivity contribution < 1.29 is 8.42 Å². The average Bonchev–Trinajstić information content (AvgIpc) is 2.37. The van der Waals surface area contributed by atoms with Gasteiger partial charge in [0.1, 0.15) is 0 Å². The Hall–Kier alpha value is -0.910. The van der Waals surface area contributed by atoms with Gasteiger partial charge in [-0.15, -0.1) is 0 Å². The summed E-state index contributed by atoms with van der Waals surface area (Å²) >= 11 is 0. The molecule has 0 aromatic heterocycles. The quantitative estimate of drug-likeness (QED) is 0.801. The van der Waals surface area contributed by atoms with Crippen molar-refractivity contribution >= 4 is 10.0 Å². The topological polar surface area (TPSA) is 49.4 Å². The molecule has 0 heterocycles. The van der Waals surface area contributed by atoms with Crippen LogP contribution >= 0.6 is 0 Å². The van der Waals surface area contributed by atoms with E-state index < -0.39 is 10.0 Å². The molecule has 0 unspecified atom stereocenters. The molecule has 1 aromatic carbocycles. The third kappa shape index (κ3) is 4.89. The lowest BCUT2D eigenvalue weighted by Crippen LogP contribution is -2.37. The minimum absolute atomic E-state index is 0.00183. The molecule has 5 heteroatoms. The highest BCUT2D eigenvalue weighted by molar-refractivity contribution is 7.88. The standard InChI is InChI=1S/C15H26N2O2S/c1-5-16-11-14-7-9-15(10-8-14)12-20(18,19)17(6-2)13(3)4/h7-10,13,16H,5-6,11-12H2,1-4H3. The van der Waals surface area contributed by atoms with Gasteiger partial charge in [-0.05, 0) is 31.5 Å². The fourth-order valence-corrected chi connectivity index (χ4v) is 4.01. The summed E-state index contributed by atoms with van der Waals surface area (Å²) in [4.78, 5) is 0. The van der Waals surface area contributed by atoms with E-state index in [0.29, 0.717) is 6.54 Å². The smallest absolute Gasteiger partial charge is 0.218 e. The summed E-state index contributed by atoms with van der Waals surface area (Å²) in [5, 5.41) is 3.25. The Balaban J connectivity index is 2.77. The van der Waals surface area contributed by atoms with E-state index in [-0.39, 0.29) is 11.8 Å². The molecule has 1 rings (SSSR count).